The Hall–Kier alpha value is -0.580. The molecule has 0 unspecified atom stereocenters. The summed E-state index contributed by atoms with van der Waals surface area (Å²) >= 11 is 7.25. The number of nitrogens with zero attached hydrogens (tertiary/aromatic N) is 2. The number of piperidine rings is 1. The Morgan fingerprint density at radius 3 is 2.53 bits per heavy atom. The molecule has 2 heterocycles. The number of carbonyl (C=O) groups excluding carboxylic acids is 1. The normalized spacial score (nSPS) is 17.9. The van der Waals surface area contributed by atoms with E-state index in [1.807, 2.05) is 18.0 Å². The minimum atomic E-state index is 0.0971. The van der Waals surface area contributed by atoms with Crippen LogP contribution < -0.4 is 0 Å². The Morgan fingerprint density at radius 1 is 1.42 bits per heavy atom. The van der Waals surface area contributed by atoms with Crippen LogP contribution in [0, 0.1) is 0 Å². The average molecular weight is 301 g/mol. The zero-order chi connectivity index (χ0) is 14.0. The summed E-state index contributed by atoms with van der Waals surface area (Å²) in [7, 11) is 1.91. The Kier molecular flexibility index (Phi) is 4.87. The highest BCUT2D eigenvalue weighted by Crippen LogP contribution is 2.25. The largest absolute Gasteiger partial charge is 0.338 e. The van der Waals surface area contributed by atoms with Crippen molar-refractivity contribution in [3.63, 3.8) is 0 Å². The van der Waals surface area contributed by atoms with Crippen molar-refractivity contribution in [1.82, 2.24) is 9.80 Å². The second-order valence-electron chi connectivity index (χ2n) is 5.38. The van der Waals surface area contributed by atoms with Gasteiger partial charge in [-0.25, -0.2) is 0 Å². The first-order chi connectivity index (χ1) is 8.99. The minimum Gasteiger partial charge on any atom is -0.338 e. The van der Waals surface area contributed by atoms with Gasteiger partial charge in [-0.1, -0.05) is 11.6 Å². The average Bonchev–Trinajstić information content (AvgIpc) is 2.84. The van der Waals surface area contributed by atoms with Gasteiger partial charge in [-0.2, -0.15) is 0 Å². The van der Waals surface area contributed by atoms with Crippen LogP contribution in [0.25, 0.3) is 0 Å². The van der Waals surface area contributed by atoms with E-state index in [2.05, 4.69) is 18.7 Å². The molecule has 5 heteroatoms. The predicted octanol–water partition coefficient (Wildman–Crippen LogP) is 3.35. The molecule has 0 radical (unpaired) electrons. The summed E-state index contributed by atoms with van der Waals surface area (Å²) < 4.78 is 0.673. The molecule has 0 saturated carbocycles. The zero-order valence-corrected chi connectivity index (χ0v) is 13.3. The van der Waals surface area contributed by atoms with E-state index in [0.717, 1.165) is 30.8 Å². The SMILES string of the molecule is CC(C)N1CCC(N(C)C(=O)c2ccc(Cl)s2)CC1. The van der Waals surface area contributed by atoms with Gasteiger partial charge in [0.1, 0.15) is 0 Å². The topological polar surface area (TPSA) is 23.6 Å². The molecule has 1 aliphatic rings. The Balaban J connectivity index is 1.94. The summed E-state index contributed by atoms with van der Waals surface area (Å²) in [5.41, 5.74) is 0. The first-order valence-corrected chi connectivity index (χ1v) is 7.95. The first kappa shape index (κ1) is 14.8. The van der Waals surface area contributed by atoms with E-state index in [1.165, 1.54) is 11.3 Å². The molecule has 1 aliphatic heterocycles. The summed E-state index contributed by atoms with van der Waals surface area (Å²) in [6, 6.07) is 4.55. The number of rotatable bonds is 3. The highest BCUT2D eigenvalue weighted by molar-refractivity contribution is 7.17. The Bertz CT molecular complexity index is 438. The number of halogens is 1. The number of carbonyl (C=O) groups is 1. The van der Waals surface area contributed by atoms with Crippen LogP contribution in [-0.2, 0) is 0 Å². The van der Waals surface area contributed by atoms with Crippen LogP contribution in [0.1, 0.15) is 36.4 Å². The van der Waals surface area contributed by atoms with Gasteiger partial charge in [0.05, 0.1) is 9.21 Å². The fourth-order valence-corrected chi connectivity index (χ4v) is 3.58. The lowest BCUT2D eigenvalue weighted by Gasteiger charge is -2.38. The highest BCUT2D eigenvalue weighted by Gasteiger charge is 2.27. The number of hydrogen-bond donors (Lipinski definition) is 0. The third-order valence-electron chi connectivity index (χ3n) is 3.88. The molecule has 3 nitrogen and oxygen atoms in total. The maximum Gasteiger partial charge on any atom is 0.263 e. The summed E-state index contributed by atoms with van der Waals surface area (Å²) in [6.07, 6.45) is 2.11. The molecule has 0 bridgehead atoms. The number of likely N-dealkylation sites (tertiary alicyclic amines) is 1. The van der Waals surface area contributed by atoms with E-state index >= 15 is 0 Å². The molecule has 19 heavy (non-hydrogen) atoms. The summed E-state index contributed by atoms with van der Waals surface area (Å²) in [5.74, 6) is 0.0971. The number of amides is 1. The molecule has 1 fully saturated rings. The minimum absolute atomic E-state index is 0.0971. The van der Waals surface area contributed by atoms with E-state index in [9.17, 15) is 4.79 Å². The van der Waals surface area contributed by atoms with Crippen molar-refractivity contribution in [3.8, 4) is 0 Å². The van der Waals surface area contributed by atoms with Crippen molar-refractivity contribution in [1.29, 1.82) is 0 Å². The smallest absolute Gasteiger partial charge is 0.263 e. The maximum absolute atomic E-state index is 12.3. The molecule has 106 valence electrons. The summed E-state index contributed by atoms with van der Waals surface area (Å²) in [5, 5.41) is 0. The van der Waals surface area contributed by atoms with Crippen molar-refractivity contribution < 1.29 is 4.79 Å². The van der Waals surface area contributed by atoms with Gasteiger partial charge in [0.2, 0.25) is 0 Å². The van der Waals surface area contributed by atoms with Gasteiger partial charge in [-0.15, -0.1) is 11.3 Å². The molecule has 1 aromatic rings. The summed E-state index contributed by atoms with van der Waals surface area (Å²) in [4.78, 5) is 17.4. The van der Waals surface area contributed by atoms with Crippen LogP contribution in [0.5, 0.6) is 0 Å². The van der Waals surface area contributed by atoms with Crippen LogP contribution in [0.15, 0.2) is 12.1 Å². The van der Waals surface area contributed by atoms with Gasteiger partial charge in [0, 0.05) is 32.2 Å². The fraction of sp³-hybridized carbons (Fsp3) is 0.643. The van der Waals surface area contributed by atoms with Crippen LogP contribution in [-0.4, -0.2) is 47.9 Å². The van der Waals surface area contributed by atoms with Gasteiger partial charge < -0.3 is 9.80 Å². The molecular weight excluding hydrogens is 280 g/mol. The van der Waals surface area contributed by atoms with E-state index in [4.69, 9.17) is 11.6 Å². The van der Waals surface area contributed by atoms with Crippen LogP contribution in [0.2, 0.25) is 4.34 Å². The van der Waals surface area contributed by atoms with Gasteiger partial charge in [-0.05, 0) is 38.8 Å². The maximum atomic E-state index is 12.3. The molecule has 1 aromatic heterocycles. The highest BCUT2D eigenvalue weighted by atomic mass is 35.5. The van der Waals surface area contributed by atoms with E-state index in [1.54, 1.807) is 6.07 Å². The quantitative estimate of drug-likeness (QED) is 0.855. The van der Waals surface area contributed by atoms with Crippen molar-refractivity contribution in [2.75, 3.05) is 20.1 Å². The molecule has 0 spiro atoms. The lowest BCUT2D eigenvalue weighted by molar-refractivity contribution is 0.0620. The fourth-order valence-electron chi connectivity index (χ4n) is 2.56. The standard InChI is InChI=1S/C14H21ClN2OS/c1-10(2)17-8-6-11(7-9-17)16(3)14(18)12-4-5-13(15)19-12/h4-5,10-11H,6-9H2,1-3H3. The third-order valence-corrected chi connectivity index (χ3v) is 5.10. The molecule has 0 atom stereocenters. The van der Waals surface area contributed by atoms with Gasteiger partial charge in [0.25, 0.3) is 5.91 Å². The molecule has 1 saturated heterocycles. The van der Waals surface area contributed by atoms with E-state index in [0.29, 0.717) is 16.4 Å². The van der Waals surface area contributed by atoms with Gasteiger partial charge >= 0.3 is 0 Å². The van der Waals surface area contributed by atoms with Gasteiger partial charge in [0.15, 0.2) is 0 Å². The summed E-state index contributed by atoms with van der Waals surface area (Å²) in [6.45, 7) is 6.60. The number of thiophene rings is 1. The third kappa shape index (κ3) is 3.50. The molecule has 0 N–H and O–H groups in total. The van der Waals surface area contributed by atoms with E-state index in [-0.39, 0.29) is 5.91 Å². The second-order valence-corrected chi connectivity index (χ2v) is 7.10. The first-order valence-electron chi connectivity index (χ1n) is 6.75. The monoisotopic (exact) mass is 300 g/mol. The second kappa shape index (κ2) is 6.25. The van der Waals surface area contributed by atoms with Gasteiger partial charge in [-0.3, -0.25) is 4.79 Å². The van der Waals surface area contributed by atoms with Crippen molar-refractivity contribution >= 4 is 28.8 Å². The number of hydrogen-bond acceptors (Lipinski definition) is 3. The van der Waals surface area contributed by atoms with Crippen molar-refractivity contribution in [3.05, 3.63) is 21.3 Å². The Labute approximate surface area is 124 Å². The zero-order valence-electron chi connectivity index (χ0n) is 11.7. The molecule has 0 aromatic carbocycles. The lowest BCUT2D eigenvalue weighted by atomic mass is 10.0. The molecular formula is C14H21ClN2OS. The van der Waals surface area contributed by atoms with Crippen LogP contribution in [0.4, 0.5) is 0 Å². The van der Waals surface area contributed by atoms with Crippen LogP contribution in [0.3, 0.4) is 0 Å². The van der Waals surface area contributed by atoms with E-state index < -0.39 is 0 Å². The Morgan fingerprint density at radius 2 is 2.05 bits per heavy atom. The molecule has 0 aliphatic carbocycles. The van der Waals surface area contributed by atoms with Crippen LogP contribution >= 0.6 is 22.9 Å². The predicted molar refractivity (Wildman–Crippen MR) is 81.2 cm³/mol. The molecule has 2 rings (SSSR count). The lowest BCUT2D eigenvalue weighted by Crippen LogP contribution is -2.47. The van der Waals surface area contributed by atoms with Crippen molar-refractivity contribution in [2.24, 2.45) is 0 Å². The van der Waals surface area contributed by atoms with Crippen molar-refractivity contribution in [2.45, 2.75) is 38.8 Å². The molecule has 1 amide bonds.